The van der Waals surface area contributed by atoms with E-state index in [-0.39, 0.29) is 24.9 Å². The molecule has 0 radical (unpaired) electrons. The maximum absolute atomic E-state index is 14.2. The summed E-state index contributed by atoms with van der Waals surface area (Å²) in [6, 6.07) is 21.2. The van der Waals surface area contributed by atoms with Crippen molar-refractivity contribution in [3.05, 3.63) is 95.1 Å². The van der Waals surface area contributed by atoms with Crippen LogP contribution in [0.4, 0.5) is 5.69 Å². The SMILES string of the molecule is CCC(C)NC(=O)C(Cc1ccccc1)N(Cc1cccc(OC)c1)C(=O)CN(c1cccc(C)c1C)S(C)(=O)=O. The van der Waals surface area contributed by atoms with E-state index < -0.39 is 28.5 Å². The van der Waals surface area contributed by atoms with E-state index in [0.717, 1.165) is 39.2 Å². The van der Waals surface area contributed by atoms with E-state index in [1.165, 1.54) is 4.90 Å². The van der Waals surface area contributed by atoms with Crippen LogP contribution in [0.1, 0.15) is 42.5 Å². The van der Waals surface area contributed by atoms with Crippen LogP contribution in [-0.2, 0) is 32.6 Å². The van der Waals surface area contributed by atoms with Gasteiger partial charge in [-0.05, 0) is 67.6 Å². The van der Waals surface area contributed by atoms with Crippen LogP contribution in [-0.4, -0.2) is 57.1 Å². The first kappa shape index (κ1) is 31.7. The van der Waals surface area contributed by atoms with Gasteiger partial charge >= 0.3 is 0 Å². The minimum Gasteiger partial charge on any atom is -0.497 e. The van der Waals surface area contributed by atoms with E-state index in [1.807, 2.05) is 82.3 Å². The molecule has 0 aliphatic rings. The number of hydrogen-bond acceptors (Lipinski definition) is 5. The highest BCUT2D eigenvalue weighted by atomic mass is 32.2. The Kier molecular flexibility index (Phi) is 10.9. The third-order valence-corrected chi connectivity index (χ3v) is 8.41. The molecule has 3 aromatic carbocycles. The van der Waals surface area contributed by atoms with Gasteiger partial charge in [0.2, 0.25) is 21.8 Å². The standard InChI is InChI=1S/C32H41N3O5S/c1-7-24(3)33-32(37)30(20-26-14-9-8-10-15-26)34(21-27-16-12-17-28(19-27)40-5)31(36)22-35(41(6,38)39)29-18-11-13-23(2)25(29)4/h8-19,24,30H,7,20-22H2,1-6H3,(H,33,37). The van der Waals surface area contributed by atoms with Gasteiger partial charge < -0.3 is 15.0 Å². The summed E-state index contributed by atoms with van der Waals surface area (Å²) in [5, 5.41) is 3.04. The van der Waals surface area contributed by atoms with Gasteiger partial charge in [-0.1, -0.05) is 61.5 Å². The molecule has 1 N–H and O–H groups in total. The number of ether oxygens (including phenoxy) is 1. The molecule has 0 heterocycles. The van der Waals surface area contributed by atoms with Crippen LogP contribution in [0.2, 0.25) is 0 Å². The van der Waals surface area contributed by atoms with E-state index in [0.29, 0.717) is 11.4 Å². The first-order valence-corrected chi connectivity index (χ1v) is 15.6. The molecule has 2 atom stereocenters. The van der Waals surface area contributed by atoms with Crippen LogP contribution in [0.25, 0.3) is 0 Å². The van der Waals surface area contributed by atoms with Crippen LogP contribution in [0.3, 0.4) is 0 Å². The van der Waals surface area contributed by atoms with E-state index >= 15 is 0 Å². The van der Waals surface area contributed by atoms with E-state index in [9.17, 15) is 18.0 Å². The summed E-state index contributed by atoms with van der Waals surface area (Å²) in [7, 11) is -2.27. The number of methoxy groups -OCH3 is 1. The summed E-state index contributed by atoms with van der Waals surface area (Å²) in [6.07, 6.45) is 2.08. The number of rotatable bonds is 13. The Bertz CT molecular complexity index is 1440. The molecule has 0 saturated heterocycles. The third kappa shape index (κ3) is 8.57. The number of anilines is 1. The molecule has 0 aliphatic carbocycles. The lowest BCUT2D eigenvalue weighted by Gasteiger charge is -2.34. The Morgan fingerprint density at radius 2 is 1.61 bits per heavy atom. The minimum atomic E-state index is -3.83. The molecule has 3 aromatic rings. The number of sulfonamides is 1. The van der Waals surface area contributed by atoms with Crippen molar-refractivity contribution in [3.63, 3.8) is 0 Å². The largest absolute Gasteiger partial charge is 0.497 e. The molecule has 0 aromatic heterocycles. The average Bonchev–Trinajstić information content (AvgIpc) is 2.95. The molecular weight excluding hydrogens is 538 g/mol. The zero-order valence-corrected chi connectivity index (χ0v) is 25.6. The van der Waals surface area contributed by atoms with Gasteiger partial charge in [-0.3, -0.25) is 13.9 Å². The van der Waals surface area contributed by atoms with Crippen molar-refractivity contribution in [2.24, 2.45) is 0 Å². The van der Waals surface area contributed by atoms with Crippen LogP contribution < -0.4 is 14.4 Å². The first-order valence-electron chi connectivity index (χ1n) is 13.7. The molecule has 220 valence electrons. The number of benzene rings is 3. The molecule has 0 bridgehead atoms. The fourth-order valence-electron chi connectivity index (χ4n) is 4.56. The van der Waals surface area contributed by atoms with Gasteiger partial charge in [0.1, 0.15) is 18.3 Å². The molecule has 2 unspecified atom stereocenters. The zero-order valence-electron chi connectivity index (χ0n) is 24.8. The Balaban J connectivity index is 2.10. The zero-order chi connectivity index (χ0) is 30.2. The van der Waals surface area contributed by atoms with Gasteiger partial charge in [0.25, 0.3) is 0 Å². The van der Waals surface area contributed by atoms with Gasteiger partial charge in [0.05, 0.1) is 19.1 Å². The molecule has 9 heteroatoms. The van der Waals surface area contributed by atoms with E-state index in [1.54, 1.807) is 25.3 Å². The van der Waals surface area contributed by atoms with Crippen molar-refractivity contribution in [1.29, 1.82) is 0 Å². The Morgan fingerprint density at radius 3 is 2.24 bits per heavy atom. The summed E-state index contributed by atoms with van der Waals surface area (Å²) in [5.74, 6) is -0.164. The fourth-order valence-corrected chi connectivity index (χ4v) is 5.46. The summed E-state index contributed by atoms with van der Waals surface area (Å²) in [5.41, 5.74) is 3.75. The molecule has 0 fully saturated rings. The van der Waals surface area contributed by atoms with Gasteiger partial charge in [-0.2, -0.15) is 0 Å². The van der Waals surface area contributed by atoms with Crippen molar-refractivity contribution >= 4 is 27.5 Å². The number of amides is 2. The summed E-state index contributed by atoms with van der Waals surface area (Å²) in [6.45, 7) is 7.26. The topological polar surface area (TPSA) is 96.0 Å². The van der Waals surface area contributed by atoms with Crippen LogP contribution in [0.5, 0.6) is 5.75 Å². The monoisotopic (exact) mass is 579 g/mol. The molecule has 0 spiro atoms. The van der Waals surface area contributed by atoms with E-state index in [2.05, 4.69) is 5.32 Å². The molecule has 0 aliphatic heterocycles. The van der Waals surface area contributed by atoms with Crippen molar-refractivity contribution in [2.75, 3.05) is 24.2 Å². The Labute approximate surface area is 244 Å². The summed E-state index contributed by atoms with van der Waals surface area (Å²) < 4.78 is 32.6. The number of carbonyl (C=O) groups excluding carboxylic acids is 2. The summed E-state index contributed by atoms with van der Waals surface area (Å²) in [4.78, 5) is 29.5. The quantitative estimate of drug-likeness (QED) is 0.319. The predicted octanol–water partition coefficient (Wildman–Crippen LogP) is 4.63. The van der Waals surface area contributed by atoms with Crippen molar-refractivity contribution < 1.29 is 22.7 Å². The maximum atomic E-state index is 14.2. The number of hydrogen-bond donors (Lipinski definition) is 1. The van der Waals surface area contributed by atoms with Crippen molar-refractivity contribution in [1.82, 2.24) is 10.2 Å². The third-order valence-electron chi connectivity index (χ3n) is 7.28. The molecule has 41 heavy (non-hydrogen) atoms. The minimum absolute atomic E-state index is 0.0891. The van der Waals surface area contributed by atoms with Gasteiger partial charge in [-0.25, -0.2) is 8.42 Å². The molecule has 8 nitrogen and oxygen atoms in total. The highest BCUT2D eigenvalue weighted by Gasteiger charge is 2.33. The Morgan fingerprint density at radius 1 is 0.951 bits per heavy atom. The van der Waals surface area contributed by atoms with Crippen LogP contribution in [0.15, 0.2) is 72.8 Å². The highest BCUT2D eigenvalue weighted by Crippen LogP contribution is 2.26. The number of carbonyl (C=O) groups is 2. The number of nitrogens with one attached hydrogen (secondary N) is 1. The number of nitrogens with zero attached hydrogens (tertiary/aromatic N) is 2. The lowest BCUT2D eigenvalue weighted by Crippen LogP contribution is -2.54. The first-order chi connectivity index (χ1) is 19.4. The van der Waals surface area contributed by atoms with E-state index in [4.69, 9.17) is 4.74 Å². The van der Waals surface area contributed by atoms with Gasteiger partial charge in [0.15, 0.2) is 0 Å². The smallest absolute Gasteiger partial charge is 0.244 e. The fraction of sp³-hybridized carbons (Fsp3) is 0.375. The predicted molar refractivity (Wildman–Crippen MR) is 163 cm³/mol. The second kappa shape index (κ2) is 14.2. The summed E-state index contributed by atoms with van der Waals surface area (Å²) >= 11 is 0. The lowest BCUT2D eigenvalue weighted by molar-refractivity contribution is -0.140. The lowest BCUT2D eigenvalue weighted by atomic mass is 10.0. The number of aryl methyl sites for hydroxylation is 1. The Hall–Kier alpha value is -3.85. The highest BCUT2D eigenvalue weighted by molar-refractivity contribution is 7.92. The van der Waals surface area contributed by atoms with Gasteiger partial charge in [-0.15, -0.1) is 0 Å². The second-order valence-corrected chi connectivity index (χ2v) is 12.3. The van der Waals surface area contributed by atoms with Crippen molar-refractivity contribution in [2.45, 2.75) is 59.2 Å². The van der Waals surface area contributed by atoms with Gasteiger partial charge in [0, 0.05) is 19.0 Å². The van der Waals surface area contributed by atoms with Crippen LogP contribution in [0, 0.1) is 13.8 Å². The molecule has 3 rings (SSSR count). The van der Waals surface area contributed by atoms with Crippen molar-refractivity contribution in [3.8, 4) is 5.75 Å². The normalized spacial score (nSPS) is 12.7. The van der Waals surface area contributed by atoms with Crippen LogP contribution >= 0.6 is 0 Å². The molecule has 2 amide bonds. The molecule has 0 saturated carbocycles. The average molecular weight is 580 g/mol. The second-order valence-electron chi connectivity index (χ2n) is 10.4. The molecular formula is C32H41N3O5S. The maximum Gasteiger partial charge on any atom is 0.244 e.